The molecule has 2 bridgehead atoms. The maximum absolute atomic E-state index is 3.55. The Kier molecular flexibility index (Phi) is 1.90. The number of nitrogens with one attached hydrogen (secondary N) is 1. The standard InChI is InChI=1S/C9H18N2/c1-3-11(2)6-8-7-4-9(8)10-5-7/h7-10H,3-6H2,1-2H3. The van der Waals surface area contributed by atoms with Crippen molar-refractivity contribution in [2.75, 3.05) is 26.7 Å². The van der Waals surface area contributed by atoms with E-state index in [1.165, 1.54) is 26.1 Å². The Balaban J connectivity index is 1.80. The van der Waals surface area contributed by atoms with Gasteiger partial charge in [-0.25, -0.2) is 0 Å². The highest BCUT2D eigenvalue weighted by atomic mass is 15.1. The Morgan fingerprint density at radius 1 is 1.55 bits per heavy atom. The van der Waals surface area contributed by atoms with Crippen LogP contribution in [0.3, 0.4) is 0 Å². The Morgan fingerprint density at radius 3 is 2.82 bits per heavy atom. The van der Waals surface area contributed by atoms with Crippen molar-refractivity contribution < 1.29 is 0 Å². The van der Waals surface area contributed by atoms with Crippen molar-refractivity contribution in [3.63, 3.8) is 0 Å². The molecule has 2 heterocycles. The molecule has 2 nitrogen and oxygen atoms in total. The maximum atomic E-state index is 3.55. The lowest BCUT2D eigenvalue weighted by Gasteiger charge is -2.37. The van der Waals surface area contributed by atoms with Gasteiger partial charge >= 0.3 is 0 Å². The first-order valence-corrected chi connectivity index (χ1v) is 4.73. The van der Waals surface area contributed by atoms with Gasteiger partial charge in [-0.1, -0.05) is 6.92 Å². The van der Waals surface area contributed by atoms with Crippen LogP contribution in [0.4, 0.5) is 0 Å². The second-order valence-electron chi connectivity index (χ2n) is 4.03. The van der Waals surface area contributed by atoms with Crippen LogP contribution in [0.1, 0.15) is 13.3 Å². The van der Waals surface area contributed by atoms with Crippen LogP contribution in [-0.2, 0) is 0 Å². The molecule has 3 fully saturated rings. The third-order valence-electron chi connectivity index (χ3n) is 3.38. The molecule has 1 aliphatic carbocycles. The first-order valence-electron chi connectivity index (χ1n) is 4.73. The molecule has 1 N–H and O–H groups in total. The van der Waals surface area contributed by atoms with Crippen LogP contribution in [0.2, 0.25) is 0 Å². The second-order valence-corrected chi connectivity index (χ2v) is 4.03. The second kappa shape index (κ2) is 2.76. The molecule has 2 aliphatic heterocycles. The predicted molar refractivity (Wildman–Crippen MR) is 46.6 cm³/mol. The van der Waals surface area contributed by atoms with Crippen LogP contribution in [0.5, 0.6) is 0 Å². The Bertz CT molecular complexity index is 132. The van der Waals surface area contributed by atoms with Gasteiger partial charge in [-0.05, 0) is 38.4 Å². The molecule has 11 heavy (non-hydrogen) atoms. The number of nitrogens with zero attached hydrogens (tertiary/aromatic N) is 1. The highest BCUT2D eigenvalue weighted by molar-refractivity contribution is 5.02. The number of hydrogen-bond acceptors (Lipinski definition) is 2. The van der Waals surface area contributed by atoms with Crippen molar-refractivity contribution in [1.82, 2.24) is 10.2 Å². The predicted octanol–water partition coefficient (Wildman–Crippen LogP) is 0.546. The van der Waals surface area contributed by atoms with E-state index in [2.05, 4.69) is 24.2 Å². The minimum Gasteiger partial charge on any atom is -0.313 e. The lowest BCUT2D eigenvalue weighted by atomic mass is 9.74. The fourth-order valence-corrected chi connectivity index (χ4v) is 2.35. The summed E-state index contributed by atoms with van der Waals surface area (Å²) in [5.74, 6) is 1.98. The monoisotopic (exact) mass is 154 g/mol. The summed E-state index contributed by atoms with van der Waals surface area (Å²) in [5, 5.41) is 3.55. The molecule has 0 aromatic rings. The van der Waals surface area contributed by atoms with Crippen molar-refractivity contribution in [3.05, 3.63) is 0 Å². The molecule has 1 saturated carbocycles. The average Bonchev–Trinajstić information content (AvgIpc) is 2.59. The summed E-state index contributed by atoms with van der Waals surface area (Å²) in [6.45, 7) is 6.01. The highest BCUT2D eigenvalue weighted by Gasteiger charge is 2.46. The summed E-state index contributed by atoms with van der Waals surface area (Å²) < 4.78 is 0. The van der Waals surface area contributed by atoms with Gasteiger partial charge in [0.05, 0.1) is 0 Å². The van der Waals surface area contributed by atoms with E-state index in [4.69, 9.17) is 0 Å². The topological polar surface area (TPSA) is 15.3 Å². The zero-order valence-electron chi connectivity index (χ0n) is 7.51. The van der Waals surface area contributed by atoms with Gasteiger partial charge in [-0.15, -0.1) is 0 Å². The molecule has 0 spiro atoms. The van der Waals surface area contributed by atoms with E-state index in [1.807, 2.05) is 0 Å². The van der Waals surface area contributed by atoms with E-state index in [-0.39, 0.29) is 0 Å². The van der Waals surface area contributed by atoms with Gasteiger partial charge in [0.15, 0.2) is 0 Å². The van der Waals surface area contributed by atoms with Crippen LogP contribution in [0, 0.1) is 11.8 Å². The van der Waals surface area contributed by atoms with Gasteiger partial charge in [-0.3, -0.25) is 0 Å². The molecule has 0 radical (unpaired) electrons. The quantitative estimate of drug-likeness (QED) is 0.638. The zero-order valence-corrected chi connectivity index (χ0v) is 7.51. The van der Waals surface area contributed by atoms with E-state index in [9.17, 15) is 0 Å². The van der Waals surface area contributed by atoms with Crippen molar-refractivity contribution in [3.8, 4) is 0 Å². The molecule has 64 valence electrons. The summed E-state index contributed by atoms with van der Waals surface area (Å²) in [7, 11) is 2.22. The number of rotatable bonds is 3. The molecular formula is C9H18N2. The molecule has 3 unspecified atom stereocenters. The van der Waals surface area contributed by atoms with E-state index in [0.717, 1.165) is 17.9 Å². The Hall–Kier alpha value is -0.0800. The van der Waals surface area contributed by atoms with Crippen LogP contribution in [-0.4, -0.2) is 37.6 Å². The van der Waals surface area contributed by atoms with E-state index >= 15 is 0 Å². The lowest BCUT2D eigenvalue weighted by molar-refractivity contribution is 0.152. The van der Waals surface area contributed by atoms with Crippen molar-refractivity contribution >= 4 is 0 Å². The molecule has 3 atom stereocenters. The zero-order chi connectivity index (χ0) is 7.84. The smallest absolute Gasteiger partial charge is 0.0114 e. The van der Waals surface area contributed by atoms with Gasteiger partial charge in [-0.2, -0.15) is 0 Å². The van der Waals surface area contributed by atoms with Gasteiger partial charge in [0.25, 0.3) is 0 Å². The Morgan fingerprint density at radius 2 is 2.36 bits per heavy atom. The van der Waals surface area contributed by atoms with Gasteiger partial charge < -0.3 is 10.2 Å². The van der Waals surface area contributed by atoms with E-state index < -0.39 is 0 Å². The van der Waals surface area contributed by atoms with Gasteiger partial charge in [0, 0.05) is 12.6 Å². The lowest BCUT2D eigenvalue weighted by Crippen LogP contribution is -2.43. The summed E-state index contributed by atoms with van der Waals surface area (Å²) >= 11 is 0. The maximum Gasteiger partial charge on any atom is 0.0114 e. The largest absolute Gasteiger partial charge is 0.313 e. The average molecular weight is 154 g/mol. The van der Waals surface area contributed by atoms with Crippen molar-refractivity contribution in [2.24, 2.45) is 11.8 Å². The Labute approximate surface area is 69.0 Å². The van der Waals surface area contributed by atoms with Crippen molar-refractivity contribution in [2.45, 2.75) is 19.4 Å². The highest BCUT2D eigenvalue weighted by Crippen LogP contribution is 2.40. The van der Waals surface area contributed by atoms with Gasteiger partial charge in [0.1, 0.15) is 0 Å². The van der Waals surface area contributed by atoms with Crippen LogP contribution >= 0.6 is 0 Å². The molecule has 3 rings (SSSR count). The van der Waals surface area contributed by atoms with E-state index in [0.29, 0.717) is 0 Å². The SMILES string of the molecule is CCN(C)CC1C2CNC1C2. The molecule has 3 aliphatic rings. The fourth-order valence-electron chi connectivity index (χ4n) is 2.35. The van der Waals surface area contributed by atoms with Crippen LogP contribution < -0.4 is 5.32 Å². The summed E-state index contributed by atoms with van der Waals surface area (Å²) in [6.07, 6.45) is 1.45. The molecule has 0 aromatic carbocycles. The summed E-state index contributed by atoms with van der Waals surface area (Å²) in [4.78, 5) is 2.43. The molecule has 2 saturated heterocycles. The third-order valence-corrected chi connectivity index (χ3v) is 3.38. The van der Waals surface area contributed by atoms with E-state index in [1.54, 1.807) is 0 Å². The number of hydrogen-bond donors (Lipinski definition) is 1. The normalized spacial score (nSPS) is 41.2. The molecule has 2 heteroatoms. The summed E-state index contributed by atoms with van der Waals surface area (Å²) in [6, 6.07) is 0.869. The van der Waals surface area contributed by atoms with Crippen LogP contribution in [0.15, 0.2) is 0 Å². The molecular weight excluding hydrogens is 136 g/mol. The summed E-state index contributed by atoms with van der Waals surface area (Å²) in [5.41, 5.74) is 0. The van der Waals surface area contributed by atoms with Gasteiger partial charge in [0.2, 0.25) is 0 Å². The van der Waals surface area contributed by atoms with Crippen molar-refractivity contribution in [1.29, 1.82) is 0 Å². The molecule has 0 aromatic heterocycles. The first kappa shape index (κ1) is 7.56. The minimum atomic E-state index is 0.869. The first-order chi connectivity index (χ1) is 5.31. The minimum absolute atomic E-state index is 0.869. The number of fused-ring (bicyclic) bond motifs is 1. The van der Waals surface area contributed by atoms with Crippen LogP contribution in [0.25, 0.3) is 0 Å². The third kappa shape index (κ3) is 1.18. The fraction of sp³-hybridized carbons (Fsp3) is 1.00. The molecule has 0 amide bonds.